The van der Waals surface area contributed by atoms with Gasteiger partial charge in [-0.2, -0.15) is 5.10 Å². The fourth-order valence-corrected chi connectivity index (χ4v) is 3.02. The second-order valence-electron chi connectivity index (χ2n) is 6.90. The van der Waals surface area contributed by atoms with Gasteiger partial charge in [0.1, 0.15) is 11.5 Å². The molecule has 0 unspecified atom stereocenters. The molecule has 0 fully saturated rings. The summed E-state index contributed by atoms with van der Waals surface area (Å²) in [6.45, 7) is 6.09. The molecule has 1 heterocycles. The third kappa shape index (κ3) is 5.44. The van der Waals surface area contributed by atoms with Crippen molar-refractivity contribution in [3.63, 3.8) is 0 Å². The predicted octanol–water partition coefficient (Wildman–Crippen LogP) is 4.43. The number of hydrazone groups is 1. The van der Waals surface area contributed by atoms with E-state index in [4.69, 9.17) is 9.15 Å². The van der Waals surface area contributed by atoms with Gasteiger partial charge in [0.25, 0.3) is 0 Å². The minimum Gasteiger partial charge on any atom is -0.462 e. The molecule has 0 aliphatic heterocycles. The second kappa shape index (κ2) is 9.69. The van der Waals surface area contributed by atoms with Gasteiger partial charge < -0.3 is 9.15 Å². The standard InChI is InChI=1S/C24H24N2O4/c1-4-29-24(28)20-7-5-6-19(13-20)22-11-10-21(30-22)15-25-26-23(27)14-18-9-8-16(2)12-17(18)3/h5-13,15H,4,14H2,1-3H3,(H,26,27)/b25-15+. The number of nitrogens with zero attached hydrogens (tertiary/aromatic N) is 1. The second-order valence-corrected chi connectivity index (χ2v) is 6.90. The molecule has 30 heavy (non-hydrogen) atoms. The summed E-state index contributed by atoms with van der Waals surface area (Å²) in [6, 6.07) is 16.5. The first-order valence-electron chi connectivity index (χ1n) is 9.71. The highest BCUT2D eigenvalue weighted by molar-refractivity contribution is 5.91. The van der Waals surface area contributed by atoms with Crippen LogP contribution in [0, 0.1) is 13.8 Å². The SMILES string of the molecule is CCOC(=O)c1cccc(-c2ccc(/C=N/NC(=O)Cc3ccc(C)cc3C)o2)c1. The molecule has 0 atom stereocenters. The molecule has 0 saturated carbocycles. The smallest absolute Gasteiger partial charge is 0.338 e. The van der Waals surface area contributed by atoms with E-state index in [9.17, 15) is 9.59 Å². The molecule has 1 aromatic heterocycles. The number of benzene rings is 2. The number of furan rings is 1. The highest BCUT2D eigenvalue weighted by atomic mass is 16.5. The molecule has 154 valence electrons. The molecule has 2 aromatic carbocycles. The molecule has 0 aliphatic rings. The van der Waals surface area contributed by atoms with Crippen molar-refractivity contribution in [2.24, 2.45) is 5.10 Å². The van der Waals surface area contributed by atoms with Crippen LogP contribution in [0.2, 0.25) is 0 Å². The summed E-state index contributed by atoms with van der Waals surface area (Å²) in [5.74, 6) is 0.494. The van der Waals surface area contributed by atoms with Crippen molar-refractivity contribution in [1.82, 2.24) is 5.43 Å². The lowest BCUT2D eigenvalue weighted by molar-refractivity contribution is -0.120. The Hall–Kier alpha value is -3.67. The van der Waals surface area contributed by atoms with Gasteiger partial charge in [0.05, 0.1) is 24.8 Å². The molecular formula is C24H24N2O4. The molecule has 0 aliphatic carbocycles. The first-order chi connectivity index (χ1) is 14.5. The predicted molar refractivity (Wildman–Crippen MR) is 115 cm³/mol. The lowest BCUT2D eigenvalue weighted by Gasteiger charge is -2.05. The molecule has 6 heteroatoms. The molecule has 0 bridgehead atoms. The third-order valence-electron chi connectivity index (χ3n) is 4.52. The average molecular weight is 404 g/mol. The van der Waals surface area contributed by atoms with Crippen molar-refractivity contribution in [3.8, 4) is 11.3 Å². The highest BCUT2D eigenvalue weighted by Gasteiger charge is 2.10. The van der Waals surface area contributed by atoms with Crippen molar-refractivity contribution in [2.75, 3.05) is 6.61 Å². The van der Waals surface area contributed by atoms with E-state index in [1.807, 2.05) is 38.1 Å². The van der Waals surface area contributed by atoms with Crippen LogP contribution in [0.3, 0.4) is 0 Å². The zero-order valence-corrected chi connectivity index (χ0v) is 17.3. The highest BCUT2D eigenvalue weighted by Crippen LogP contribution is 2.23. The topological polar surface area (TPSA) is 80.9 Å². The van der Waals surface area contributed by atoms with Crippen LogP contribution < -0.4 is 5.43 Å². The van der Waals surface area contributed by atoms with E-state index in [1.165, 1.54) is 6.21 Å². The Labute approximate surface area is 175 Å². The summed E-state index contributed by atoms with van der Waals surface area (Å²) in [5, 5.41) is 3.97. The molecule has 1 N–H and O–H groups in total. The summed E-state index contributed by atoms with van der Waals surface area (Å²) in [5.41, 5.74) is 6.93. The van der Waals surface area contributed by atoms with E-state index in [0.717, 1.165) is 22.3 Å². The normalized spacial score (nSPS) is 10.9. The number of ether oxygens (including phenoxy) is 1. The van der Waals surface area contributed by atoms with Gasteiger partial charge in [-0.1, -0.05) is 35.9 Å². The fraction of sp³-hybridized carbons (Fsp3) is 0.208. The Morgan fingerprint density at radius 2 is 1.93 bits per heavy atom. The maximum absolute atomic E-state index is 12.1. The summed E-state index contributed by atoms with van der Waals surface area (Å²) in [6.07, 6.45) is 1.70. The van der Waals surface area contributed by atoms with Crippen molar-refractivity contribution >= 4 is 18.1 Å². The Morgan fingerprint density at radius 3 is 2.70 bits per heavy atom. The number of amides is 1. The van der Waals surface area contributed by atoms with Crippen molar-refractivity contribution in [3.05, 3.63) is 82.6 Å². The maximum atomic E-state index is 12.1. The molecule has 3 rings (SSSR count). The Balaban J connectivity index is 1.61. The van der Waals surface area contributed by atoms with Crippen molar-refractivity contribution in [2.45, 2.75) is 27.2 Å². The Bertz CT molecular complexity index is 1080. The van der Waals surface area contributed by atoms with E-state index >= 15 is 0 Å². The van der Waals surface area contributed by atoms with Gasteiger partial charge in [-0.05, 0) is 56.2 Å². The van der Waals surface area contributed by atoms with Crippen LogP contribution in [0.25, 0.3) is 11.3 Å². The van der Waals surface area contributed by atoms with Crippen molar-refractivity contribution < 1.29 is 18.7 Å². The van der Waals surface area contributed by atoms with Gasteiger partial charge in [0.15, 0.2) is 0 Å². The van der Waals surface area contributed by atoms with Crippen LogP contribution in [-0.4, -0.2) is 24.7 Å². The lowest BCUT2D eigenvalue weighted by atomic mass is 10.0. The molecule has 0 radical (unpaired) electrons. The number of aryl methyl sites for hydroxylation is 2. The number of rotatable bonds is 7. The zero-order valence-electron chi connectivity index (χ0n) is 17.3. The van der Waals surface area contributed by atoms with Crippen LogP contribution in [-0.2, 0) is 16.0 Å². The Morgan fingerprint density at radius 1 is 1.10 bits per heavy atom. The zero-order chi connectivity index (χ0) is 21.5. The molecular weight excluding hydrogens is 380 g/mol. The number of hydrogen-bond donors (Lipinski definition) is 1. The van der Waals surface area contributed by atoms with Gasteiger partial charge in [-0.3, -0.25) is 4.79 Å². The van der Waals surface area contributed by atoms with E-state index < -0.39 is 0 Å². The molecule has 6 nitrogen and oxygen atoms in total. The Kier molecular flexibility index (Phi) is 6.80. The fourth-order valence-electron chi connectivity index (χ4n) is 3.02. The van der Waals surface area contributed by atoms with Crippen molar-refractivity contribution in [1.29, 1.82) is 0 Å². The molecule has 0 saturated heterocycles. The largest absolute Gasteiger partial charge is 0.462 e. The van der Waals surface area contributed by atoms with Crippen LogP contribution in [0.4, 0.5) is 0 Å². The lowest BCUT2D eigenvalue weighted by Crippen LogP contribution is -2.20. The number of carbonyl (C=O) groups excluding carboxylic acids is 2. The summed E-state index contributed by atoms with van der Waals surface area (Å²) < 4.78 is 10.8. The molecule has 0 spiro atoms. The van der Waals surface area contributed by atoms with Gasteiger partial charge in [-0.15, -0.1) is 0 Å². The number of hydrogen-bond acceptors (Lipinski definition) is 5. The first kappa shape index (κ1) is 21.0. The third-order valence-corrected chi connectivity index (χ3v) is 4.52. The monoisotopic (exact) mass is 404 g/mol. The summed E-state index contributed by atoms with van der Waals surface area (Å²) >= 11 is 0. The van der Waals surface area contributed by atoms with Crippen LogP contribution in [0.5, 0.6) is 0 Å². The van der Waals surface area contributed by atoms with E-state index in [1.54, 1.807) is 37.3 Å². The minimum absolute atomic E-state index is 0.202. The van der Waals surface area contributed by atoms with Crippen LogP contribution in [0.15, 0.2) is 64.1 Å². The average Bonchev–Trinajstić information content (AvgIpc) is 3.19. The number of esters is 1. The van der Waals surface area contributed by atoms with Gasteiger partial charge in [-0.25, -0.2) is 10.2 Å². The van der Waals surface area contributed by atoms with Crippen LogP contribution >= 0.6 is 0 Å². The minimum atomic E-state index is -0.376. The quantitative estimate of drug-likeness (QED) is 0.359. The summed E-state index contributed by atoms with van der Waals surface area (Å²) in [4.78, 5) is 24.0. The van der Waals surface area contributed by atoms with Gasteiger partial charge in [0, 0.05) is 5.56 Å². The van der Waals surface area contributed by atoms with E-state index in [-0.39, 0.29) is 18.3 Å². The van der Waals surface area contributed by atoms with Gasteiger partial charge in [0.2, 0.25) is 5.91 Å². The first-order valence-corrected chi connectivity index (χ1v) is 9.71. The van der Waals surface area contributed by atoms with E-state index in [2.05, 4.69) is 10.5 Å². The molecule has 3 aromatic rings. The van der Waals surface area contributed by atoms with Crippen LogP contribution in [0.1, 0.15) is 39.7 Å². The van der Waals surface area contributed by atoms with Gasteiger partial charge >= 0.3 is 5.97 Å². The number of carbonyl (C=O) groups is 2. The number of nitrogens with one attached hydrogen (secondary N) is 1. The summed E-state index contributed by atoms with van der Waals surface area (Å²) in [7, 11) is 0. The molecule has 1 amide bonds. The van der Waals surface area contributed by atoms with E-state index in [0.29, 0.717) is 23.7 Å². The maximum Gasteiger partial charge on any atom is 0.338 e.